The lowest BCUT2D eigenvalue weighted by atomic mass is 9.91. The predicted molar refractivity (Wildman–Crippen MR) is 177 cm³/mol. The van der Waals surface area contributed by atoms with Crippen molar-refractivity contribution in [3.8, 4) is 5.75 Å². The van der Waals surface area contributed by atoms with Crippen LogP contribution in [0.2, 0.25) is 0 Å². The minimum absolute atomic E-state index is 0.00721. The molecule has 0 spiro atoms. The van der Waals surface area contributed by atoms with Gasteiger partial charge < -0.3 is 25.8 Å². The zero-order valence-corrected chi connectivity index (χ0v) is 27.4. The highest BCUT2D eigenvalue weighted by Crippen LogP contribution is 2.24. The van der Waals surface area contributed by atoms with Crippen LogP contribution in [0.4, 0.5) is 0 Å². The van der Waals surface area contributed by atoms with Crippen LogP contribution in [-0.4, -0.2) is 66.1 Å². The number of benzene rings is 2. The van der Waals surface area contributed by atoms with Crippen LogP contribution in [0.25, 0.3) is 0 Å². The maximum Gasteiger partial charge on any atom is 0.337 e. The number of amides is 1. The first-order valence-corrected chi connectivity index (χ1v) is 16.3. The van der Waals surface area contributed by atoms with E-state index in [9.17, 15) is 18.0 Å². The number of esters is 1. The number of methoxy groups -OCH3 is 2. The Hall–Kier alpha value is -3.91. The van der Waals surface area contributed by atoms with Crippen LogP contribution in [0.5, 0.6) is 5.75 Å². The maximum absolute atomic E-state index is 12.9. The molecule has 0 saturated carbocycles. The molecular formula is C31H43ClN6O6S. The van der Waals surface area contributed by atoms with Gasteiger partial charge in [0.05, 0.1) is 25.4 Å². The number of hydrogen-bond acceptors (Lipinski definition) is 7. The van der Waals surface area contributed by atoms with Crippen LogP contribution in [-0.2, 0) is 19.7 Å². The molecule has 14 heteroatoms. The molecule has 2 atom stereocenters. The highest BCUT2D eigenvalue weighted by Gasteiger charge is 2.21. The van der Waals surface area contributed by atoms with Crippen molar-refractivity contribution < 1.29 is 27.5 Å². The first-order valence-electron chi connectivity index (χ1n) is 14.4. The molecule has 0 heterocycles. The number of nitrogens with two attached hydrogens (primary N) is 1. The molecule has 0 aliphatic carbocycles. The van der Waals surface area contributed by atoms with Crippen LogP contribution in [0.1, 0.15) is 54.4 Å². The van der Waals surface area contributed by atoms with E-state index in [1.807, 2.05) is 37.3 Å². The molecule has 0 radical (unpaired) electrons. The lowest BCUT2D eigenvalue weighted by Crippen LogP contribution is -2.46. The molecule has 2 aromatic carbocycles. The molecule has 2 aromatic rings. The third-order valence-electron chi connectivity index (χ3n) is 6.65. The van der Waals surface area contributed by atoms with Crippen molar-refractivity contribution in [3.63, 3.8) is 0 Å². The van der Waals surface area contributed by atoms with E-state index in [1.165, 1.54) is 20.3 Å². The number of halogens is 1. The number of rotatable bonds is 19. The van der Waals surface area contributed by atoms with Gasteiger partial charge in [-0.3, -0.25) is 4.79 Å². The van der Waals surface area contributed by atoms with Crippen molar-refractivity contribution in [1.29, 1.82) is 0 Å². The van der Waals surface area contributed by atoms with Gasteiger partial charge in [-0.1, -0.05) is 74.0 Å². The summed E-state index contributed by atoms with van der Waals surface area (Å²) in [5, 5.41) is 5.65. The van der Waals surface area contributed by atoms with E-state index in [1.54, 1.807) is 24.3 Å². The van der Waals surface area contributed by atoms with E-state index in [0.717, 1.165) is 12.0 Å². The third kappa shape index (κ3) is 13.7. The number of carbonyl (C=O) groups is 2. The Morgan fingerprint density at radius 2 is 1.71 bits per heavy atom. The average molecular weight is 663 g/mol. The summed E-state index contributed by atoms with van der Waals surface area (Å²) in [5.74, 6) is -0.533. The maximum atomic E-state index is 12.9. The van der Waals surface area contributed by atoms with Gasteiger partial charge in [-0.2, -0.15) is 13.1 Å². The summed E-state index contributed by atoms with van der Waals surface area (Å²) >= 11 is 5.95. The monoisotopic (exact) mass is 662 g/mol. The summed E-state index contributed by atoms with van der Waals surface area (Å²) in [6.07, 6.45) is 3.79. The van der Waals surface area contributed by atoms with Gasteiger partial charge >= 0.3 is 5.97 Å². The number of nitrogens with zero attached hydrogens (tertiary/aromatic N) is 1. The standard InChI is InChI=1S/C31H43ClN6O6S/c1-5-11-25(38-45(41,42)36-19-18-34-31(33)37-28(32)20-22(2)30(40)44-4)17-16-24(23-12-7-6-8-13-23)21-35-29(39)26-14-9-10-15-27(26)43-3/h6-10,12-15,20,24-25,36,38H,2,5,11,16-19,21H2,1,3-4H3,(H,35,39)(H3,33,34,37)/b28-20-/t24-,25-/m1/s1. The second-order valence-corrected chi connectivity index (χ2v) is 11.9. The summed E-state index contributed by atoms with van der Waals surface area (Å²) in [7, 11) is -1.11. The number of para-hydroxylation sites is 1. The largest absolute Gasteiger partial charge is 0.496 e. The lowest BCUT2D eigenvalue weighted by molar-refractivity contribution is -0.135. The third-order valence-corrected chi connectivity index (χ3v) is 8.07. The first-order chi connectivity index (χ1) is 21.5. The molecular weight excluding hydrogens is 620 g/mol. The number of carbonyl (C=O) groups excluding carboxylic acids is 2. The van der Waals surface area contributed by atoms with Gasteiger partial charge in [-0.15, -0.1) is 0 Å². The molecule has 246 valence electrons. The van der Waals surface area contributed by atoms with Crippen molar-refractivity contribution in [2.45, 2.75) is 44.6 Å². The number of nitrogens with one attached hydrogen (secondary N) is 4. The van der Waals surface area contributed by atoms with E-state index >= 15 is 0 Å². The molecule has 2 rings (SSSR count). The van der Waals surface area contributed by atoms with Gasteiger partial charge in [0.25, 0.3) is 16.1 Å². The van der Waals surface area contributed by atoms with Crippen molar-refractivity contribution in [3.05, 3.63) is 89.1 Å². The van der Waals surface area contributed by atoms with Gasteiger partial charge in [0.1, 0.15) is 10.9 Å². The van der Waals surface area contributed by atoms with E-state index in [2.05, 4.69) is 36.4 Å². The van der Waals surface area contributed by atoms with E-state index in [0.29, 0.717) is 37.1 Å². The topological polar surface area (TPSA) is 173 Å². The first kappa shape index (κ1) is 37.3. The zero-order chi connectivity index (χ0) is 33.2. The van der Waals surface area contributed by atoms with Crippen LogP contribution in [0, 0.1) is 0 Å². The molecule has 0 aromatic heterocycles. The van der Waals surface area contributed by atoms with Crippen molar-refractivity contribution in [1.82, 2.24) is 20.1 Å². The van der Waals surface area contributed by atoms with E-state index < -0.39 is 16.2 Å². The fourth-order valence-electron chi connectivity index (χ4n) is 4.43. The Morgan fingerprint density at radius 3 is 2.38 bits per heavy atom. The molecule has 0 unspecified atom stereocenters. The van der Waals surface area contributed by atoms with Crippen LogP contribution in [0.15, 0.2) is 83.0 Å². The number of hydrogen-bond donors (Lipinski definition) is 5. The molecule has 0 bridgehead atoms. The SMILES string of the molecule is C=C(/C=C(Cl)\N=C(/N)NCCNS(=O)(=O)N[C@H](CCC)CC[C@H](CNC(=O)c1ccccc1OC)c1ccccc1)C(=O)OC. The molecule has 6 N–H and O–H groups in total. The molecule has 45 heavy (non-hydrogen) atoms. The average Bonchev–Trinajstić information content (AvgIpc) is 3.02. The van der Waals surface area contributed by atoms with Gasteiger partial charge in [-0.05, 0) is 43.0 Å². The normalized spacial score (nSPS) is 13.4. The van der Waals surface area contributed by atoms with Gasteiger partial charge in [-0.25, -0.2) is 14.5 Å². The molecule has 1 amide bonds. The number of ether oxygens (including phenoxy) is 2. The van der Waals surface area contributed by atoms with Gasteiger partial charge in [0, 0.05) is 31.6 Å². The highest BCUT2D eigenvalue weighted by atomic mass is 35.5. The molecule has 0 fully saturated rings. The van der Waals surface area contributed by atoms with Crippen LogP contribution in [0.3, 0.4) is 0 Å². The van der Waals surface area contributed by atoms with E-state index in [4.69, 9.17) is 22.1 Å². The quantitative estimate of drug-likeness (QED) is 0.0290. The predicted octanol–water partition coefficient (Wildman–Crippen LogP) is 3.30. The Morgan fingerprint density at radius 1 is 1.02 bits per heavy atom. The van der Waals surface area contributed by atoms with Gasteiger partial charge in [0.15, 0.2) is 5.96 Å². The van der Waals surface area contributed by atoms with Crippen LogP contribution >= 0.6 is 11.6 Å². The fourth-order valence-corrected chi connectivity index (χ4v) is 5.78. The molecule has 0 aliphatic rings. The number of aliphatic imine (C=N–C) groups is 1. The summed E-state index contributed by atoms with van der Waals surface area (Å²) < 4.78 is 40.8. The Bertz CT molecular complexity index is 1440. The van der Waals surface area contributed by atoms with Crippen molar-refractivity contribution in [2.24, 2.45) is 10.7 Å². The minimum atomic E-state index is -3.84. The Kier molecular flexibility index (Phi) is 16.1. The fraction of sp³-hybridized carbons (Fsp3) is 0.387. The minimum Gasteiger partial charge on any atom is -0.496 e. The second-order valence-electron chi connectivity index (χ2n) is 10.0. The lowest BCUT2D eigenvalue weighted by Gasteiger charge is -2.23. The zero-order valence-electron chi connectivity index (χ0n) is 25.8. The summed E-state index contributed by atoms with van der Waals surface area (Å²) in [5.41, 5.74) is 7.26. The van der Waals surface area contributed by atoms with Crippen molar-refractivity contribution in [2.75, 3.05) is 33.9 Å². The molecule has 12 nitrogen and oxygen atoms in total. The van der Waals surface area contributed by atoms with Crippen molar-refractivity contribution >= 4 is 39.6 Å². The summed E-state index contributed by atoms with van der Waals surface area (Å²) in [6, 6.07) is 16.5. The van der Waals surface area contributed by atoms with Gasteiger partial charge in [0.2, 0.25) is 0 Å². The Labute approximate surface area is 270 Å². The highest BCUT2D eigenvalue weighted by molar-refractivity contribution is 7.87. The van der Waals surface area contributed by atoms with Crippen LogP contribution < -0.4 is 30.5 Å². The Balaban J connectivity index is 1.95. The molecule has 0 aliphatic heterocycles. The summed E-state index contributed by atoms with van der Waals surface area (Å²) in [4.78, 5) is 28.2. The van der Waals surface area contributed by atoms with E-state index in [-0.39, 0.29) is 47.6 Å². The smallest absolute Gasteiger partial charge is 0.337 e. The summed E-state index contributed by atoms with van der Waals surface area (Å²) in [6.45, 7) is 6.01. The molecule has 0 saturated heterocycles. The number of guanidine groups is 1. The second kappa shape index (κ2) is 19.5.